The number of hydrogen-bond donors (Lipinski definition) is 2. The summed E-state index contributed by atoms with van der Waals surface area (Å²) in [6, 6.07) is 7.17. The second-order valence-electron chi connectivity index (χ2n) is 4.56. The molecule has 2 amide bonds. The zero-order valence-electron chi connectivity index (χ0n) is 12.1. The quantitative estimate of drug-likeness (QED) is 0.905. The van der Waals surface area contributed by atoms with Gasteiger partial charge in [0.05, 0.1) is 12.7 Å². The molecule has 0 aliphatic carbocycles. The van der Waals surface area contributed by atoms with Crippen LogP contribution in [-0.2, 0) is 12.7 Å². The lowest BCUT2D eigenvalue weighted by atomic mass is 10.2. The highest BCUT2D eigenvalue weighted by Gasteiger charge is 2.30. The van der Waals surface area contributed by atoms with Gasteiger partial charge in [0.25, 0.3) is 0 Å². The molecule has 0 atom stereocenters. The Hall–Kier alpha value is -2.77. The van der Waals surface area contributed by atoms with Crippen LogP contribution in [0.5, 0.6) is 5.88 Å². The summed E-state index contributed by atoms with van der Waals surface area (Å²) in [4.78, 5) is 15.8. The molecule has 0 bridgehead atoms. The van der Waals surface area contributed by atoms with Crippen LogP contribution in [0.3, 0.4) is 0 Å². The number of urea groups is 1. The Morgan fingerprint density at radius 1 is 1.26 bits per heavy atom. The van der Waals surface area contributed by atoms with Gasteiger partial charge in [0, 0.05) is 24.0 Å². The van der Waals surface area contributed by atoms with E-state index in [1.165, 1.54) is 19.2 Å². The lowest BCUT2D eigenvalue weighted by molar-refractivity contribution is -0.137. The van der Waals surface area contributed by atoms with E-state index in [4.69, 9.17) is 4.74 Å². The molecule has 1 aromatic carbocycles. The molecule has 0 saturated heterocycles. The molecular formula is C15H14F3N3O2. The summed E-state index contributed by atoms with van der Waals surface area (Å²) in [7, 11) is 1.45. The smallest absolute Gasteiger partial charge is 0.416 e. The molecule has 122 valence electrons. The second kappa shape index (κ2) is 6.99. The fourth-order valence-corrected chi connectivity index (χ4v) is 1.87. The van der Waals surface area contributed by atoms with Gasteiger partial charge in [-0.2, -0.15) is 13.2 Å². The highest BCUT2D eigenvalue weighted by atomic mass is 19.4. The number of alkyl halides is 3. The van der Waals surface area contributed by atoms with E-state index in [1.54, 1.807) is 18.3 Å². The van der Waals surface area contributed by atoms with E-state index in [0.29, 0.717) is 11.4 Å². The highest BCUT2D eigenvalue weighted by Crippen LogP contribution is 2.30. The summed E-state index contributed by atoms with van der Waals surface area (Å²) in [5.41, 5.74) is -0.131. The Morgan fingerprint density at radius 2 is 2.04 bits per heavy atom. The largest absolute Gasteiger partial charge is 0.481 e. The molecule has 5 nitrogen and oxygen atoms in total. The zero-order chi connectivity index (χ0) is 16.9. The Labute approximate surface area is 130 Å². The van der Waals surface area contributed by atoms with Gasteiger partial charge in [-0.05, 0) is 24.3 Å². The standard InChI is InChI=1S/C15H14F3N3O2/c1-23-13-10(4-3-7-19-13)9-20-14(22)21-12-6-2-5-11(8-12)15(16,17)18/h2-8H,9H2,1H3,(H2,20,21,22). The summed E-state index contributed by atoms with van der Waals surface area (Å²) in [6.07, 6.45) is -2.91. The number of amides is 2. The molecule has 23 heavy (non-hydrogen) atoms. The number of benzene rings is 1. The van der Waals surface area contributed by atoms with Crippen LogP contribution in [0.25, 0.3) is 0 Å². The van der Waals surface area contributed by atoms with Gasteiger partial charge in [-0.1, -0.05) is 12.1 Å². The number of carbonyl (C=O) groups is 1. The van der Waals surface area contributed by atoms with Gasteiger partial charge in [-0.3, -0.25) is 0 Å². The lowest BCUT2D eigenvalue weighted by Crippen LogP contribution is -2.28. The van der Waals surface area contributed by atoms with E-state index in [0.717, 1.165) is 12.1 Å². The first-order chi connectivity index (χ1) is 10.9. The van der Waals surface area contributed by atoms with Crippen molar-refractivity contribution in [3.63, 3.8) is 0 Å². The van der Waals surface area contributed by atoms with Crippen molar-refractivity contribution >= 4 is 11.7 Å². The van der Waals surface area contributed by atoms with Crippen molar-refractivity contribution in [3.05, 3.63) is 53.7 Å². The number of methoxy groups -OCH3 is 1. The average Bonchev–Trinajstić information content (AvgIpc) is 2.52. The number of rotatable bonds is 4. The first-order valence-electron chi connectivity index (χ1n) is 6.60. The molecule has 8 heteroatoms. The monoisotopic (exact) mass is 325 g/mol. The van der Waals surface area contributed by atoms with Crippen LogP contribution in [0, 0.1) is 0 Å². The summed E-state index contributed by atoms with van der Waals surface area (Å²) in [5.74, 6) is 0.367. The number of carbonyl (C=O) groups excluding carboxylic acids is 1. The number of halogens is 3. The maximum Gasteiger partial charge on any atom is 0.416 e. The van der Waals surface area contributed by atoms with Gasteiger partial charge >= 0.3 is 12.2 Å². The summed E-state index contributed by atoms with van der Waals surface area (Å²) in [5, 5.41) is 4.88. The summed E-state index contributed by atoms with van der Waals surface area (Å²) < 4.78 is 42.9. The molecule has 1 heterocycles. The van der Waals surface area contributed by atoms with Crippen molar-refractivity contribution in [3.8, 4) is 5.88 Å². The summed E-state index contributed by atoms with van der Waals surface area (Å²) in [6.45, 7) is 0.127. The van der Waals surface area contributed by atoms with Crippen molar-refractivity contribution < 1.29 is 22.7 Å². The molecular weight excluding hydrogens is 311 g/mol. The SMILES string of the molecule is COc1ncccc1CNC(=O)Nc1cccc(C(F)(F)F)c1. The van der Waals surface area contributed by atoms with Crippen LogP contribution in [-0.4, -0.2) is 18.1 Å². The molecule has 0 saturated carbocycles. The van der Waals surface area contributed by atoms with E-state index in [9.17, 15) is 18.0 Å². The van der Waals surface area contributed by atoms with Crippen molar-refractivity contribution in [2.24, 2.45) is 0 Å². The van der Waals surface area contributed by atoms with Crippen LogP contribution >= 0.6 is 0 Å². The van der Waals surface area contributed by atoms with E-state index in [1.807, 2.05) is 0 Å². The second-order valence-corrected chi connectivity index (χ2v) is 4.56. The highest BCUT2D eigenvalue weighted by molar-refractivity contribution is 5.89. The van der Waals surface area contributed by atoms with E-state index >= 15 is 0 Å². The van der Waals surface area contributed by atoms with Crippen LogP contribution in [0.4, 0.5) is 23.7 Å². The van der Waals surface area contributed by atoms with Crippen molar-refractivity contribution in [1.29, 1.82) is 0 Å². The van der Waals surface area contributed by atoms with E-state index < -0.39 is 17.8 Å². The van der Waals surface area contributed by atoms with Crippen LogP contribution in [0.1, 0.15) is 11.1 Å². The Morgan fingerprint density at radius 3 is 2.74 bits per heavy atom. The molecule has 2 N–H and O–H groups in total. The maximum atomic E-state index is 12.6. The molecule has 0 fully saturated rings. The van der Waals surface area contributed by atoms with Gasteiger partial charge in [0.15, 0.2) is 0 Å². The van der Waals surface area contributed by atoms with Gasteiger partial charge in [0.2, 0.25) is 5.88 Å². The fourth-order valence-electron chi connectivity index (χ4n) is 1.87. The predicted molar refractivity (Wildman–Crippen MR) is 78.1 cm³/mol. The van der Waals surface area contributed by atoms with Crippen molar-refractivity contribution in [1.82, 2.24) is 10.3 Å². The molecule has 0 unspecified atom stereocenters. The number of aromatic nitrogens is 1. The van der Waals surface area contributed by atoms with Crippen molar-refractivity contribution in [2.75, 3.05) is 12.4 Å². The van der Waals surface area contributed by atoms with Crippen LogP contribution < -0.4 is 15.4 Å². The van der Waals surface area contributed by atoms with Crippen molar-refractivity contribution in [2.45, 2.75) is 12.7 Å². The minimum atomic E-state index is -4.46. The summed E-state index contributed by atoms with van der Waals surface area (Å²) >= 11 is 0. The third-order valence-corrected chi connectivity index (χ3v) is 2.93. The number of hydrogen-bond acceptors (Lipinski definition) is 3. The zero-order valence-corrected chi connectivity index (χ0v) is 12.1. The molecule has 0 radical (unpaired) electrons. The van der Waals surface area contributed by atoms with Crippen LogP contribution in [0.2, 0.25) is 0 Å². The Balaban J connectivity index is 1.98. The minimum absolute atomic E-state index is 0.0514. The van der Waals surface area contributed by atoms with Crippen LogP contribution in [0.15, 0.2) is 42.6 Å². The Kier molecular flexibility index (Phi) is 5.05. The molecule has 0 spiro atoms. The number of nitrogens with zero attached hydrogens (tertiary/aromatic N) is 1. The predicted octanol–water partition coefficient (Wildman–Crippen LogP) is 3.43. The number of ether oxygens (including phenoxy) is 1. The third kappa shape index (κ3) is 4.60. The fraction of sp³-hybridized carbons (Fsp3) is 0.200. The molecule has 1 aromatic heterocycles. The number of anilines is 1. The van der Waals surface area contributed by atoms with E-state index in [2.05, 4.69) is 15.6 Å². The topological polar surface area (TPSA) is 63.2 Å². The van der Waals surface area contributed by atoms with Gasteiger partial charge in [0.1, 0.15) is 0 Å². The lowest BCUT2D eigenvalue weighted by Gasteiger charge is -2.11. The number of nitrogens with one attached hydrogen (secondary N) is 2. The normalized spacial score (nSPS) is 11.0. The minimum Gasteiger partial charge on any atom is -0.481 e. The maximum absolute atomic E-state index is 12.6. The van der Waals surface area contributed by atoms with Gasteiger partial charge < -0.3 is 15.4 Å². The molecule has 0 aliphatic rings. The molecule has 2 aromatic rings. The molecule has 2 rings (SSSR count). The number of pyridine rings is 1. The first kappa shape index (κ1) is 16.6. The van der Waals surface area contributed by atoms with E-state index in [-0.39, 0.29) is 12.2 Å². The average molecular weight is 325 g/mol. The Bertz CT molecular complexity index is 690. The third-order valence-electron chi connectivity index (χ3n) is 2.93. The molecule has 0 aliphatic heterocycles. The van der Waals surface area contributed by atoms with Gasteiger partial charge in [-0.25, -0.2) is 9.78 Å². The van der Waals surface area contributed by atoms with Gasteiger partial charge in [-0.15, -0.1) is 0 Å². The first-order valence-corrected chi connectivity index (χ1v) is 6.60.